The Morgan fingerprint density at radius 3 is 2.68 bits per heavy atom. The highest BCUT2D eigenvalue weighted by Crippen LogP contribution is 2.25. The predicted molar refractivity (Wildman–Crippen MR) is 79.3 cm³/mol. The van der Waals surface area contributed by atoms with Crippen LogP contribution in [0.2, 0.25) is 0 Å². The summed E-state index contributed by atoms with van der Waals surface area (Å²) in [5.41, 5.74) is 0.747. The minimum atomic E-state index is -0.380. The predicted octanol–water partition coefficient (Wildman–Crippen LogP) is 3.27. The Morgan fingerprint density at radius 2 is 2.00 bits per heavy atom. The van der Waals surface area contributed by atoms with E-state index in [1.54, 1.807) is 0 Å². The van der Waals surface area contributed by atoms with Crippen LogP contribution in [0.3, 0.4) is 0 Å². The molecule has 0 aromatic heterocycles. The third-order valence-electron chi connectivity index (χ3n) is 4.35. The second-order valence-electron chi connectivity index (χ2n) is 6.21. The molecule has 0 amide bonds. The maximum Gasteiger partial charge on any atom is 0.131 e. The number of hydrogen-bond acceptors (Lipinski definition) is 2. The number of nitrogens with zero attached hydrogens (tertiary/aromatic N) is 1. The molecule has 19 heavy (non-hydrogen) atoms. The van der Waals surface area contributed by atoms with Gasteiger partial charge in [0, 0.05) is 6.54 Å². The molecule has 2 unspecified atom stereocenters. The van der Waals surface area contributed by atoms with Crippen LogP contribution in [-0.2, 0) is 10.2 Å². The van der Waals surface area contributed by atoms with Crippen molar-refractivity contribution in [1.29, 1.82) is 0 Å². The molecule has 1 fully saturated rings. The second kappa shape index (κ2) is 6.33. The lowest BCUT2D eigenvalue weighted by atomic mass is 9.83. The number of carbonyl (C=O) groups excluding carboxylic acids is 1. The molecule has 0 spiro atoms. The van der Waals surface area contributed by atoms with E-state index in [1.165, 1.54) is 19.3 Å². The Labute approximate surface area is 116 Å². The van der Waals surface area contributed by atoms with Crippen molar-refractivity contribution in [2.24, 2.45) is 5.92 Å². The first-order valence-corrected chi connectivity index (χ1v) is 7.38. The van der Waals surface area contributed by atoms with Crippen LogP contribution in [0.15, 0.2) is 30.3 Å². The van der Waals surface area contributed by atoms with Crippen LogP contribution in [0, 0.1) is 5.92 Å². The van der Waals surface area contributed by atoms with Gasteiger partial charge in [-0.1, -0.05) is 37.3 Å². The van der Waals surface area contributed by atoms with E-state index in [4.69, 9.17) is 0 Å². The van der Waals surface area contributed by atoms with Crippen LogP contribution < -0.4 is 0 Å². The topological polar surface area (TPSA) is 20.3 Å². The van der Waals surface area contributed by atoms with E-state index in [0.717, 1.165) is 37.4 Å². The molecule has 1 aromatic rings. The molecule has 0 radical (unpaired) electrons. The van der Waals surface area contributed by atoms with Crippen LogP contribution in [0.5, 0.6) is 0 Å². The average Bonchev–Trinajstić information content (AvgIpc) is 2.64. The van der Waals surface area contributed by atoms with Gasteiger partial charge in [0.15, 0.2) is 0 Å². The largest absolute Gasteiger partial charge is 0.302 e. The smallest absolute Gasteiger partial charge is 0.131 e. The summed E-state index contributed by atoms with van der Waals surface area (Å²) >= 11 is 0. The van der Waals surface area contributed by atoms with E-state index in [-0.39, 0.29) is 5.41 Å². The fourth-order valence-electron chi connectivity index (χ4n) is 2.96. The molecule has 104 valence electrons. The molecule has 1 saturated heterocycles. The van der Waals surface area contributed by atoms with Gasteiger partial charge in [-0.3, -0.25) is 0 Å². The minimum absolute atomic E-state index is 0.380. The first-order valence-electron chi connectivity index (χ1n) is 7.38. The lowest BCUT2D eigenvalue weighted by Crippen LogP contribution is -2.40. The lowest BCUT2D eigenvalue weighted by Gasteiger charge is -2.31. The van der Waals surface area contributed by atoms with Gasteiger partial charge in [0.25, 0.3) is 0 Å². The maximum absolute atomic E-state index is 11.6. The lowest BCUT2D eigenvalue weighted by molar-refractivity contribution is -0.112. The van der Waals surface area contributed by atoms with Crippen molar-refractivity contribution in [1.82, 2.24) is 4.90 Å². The maximum atomic E-state index is 11.6. The van der Waals surface area contributed by atoms with Crippen LogP contribution in [0.4, 0.5) is 0 Å². The molecule has 2 rings (SSSR count). The summed E-state index contributed by atoms with van der Waals surface area (Å²) in [6.45, 7) is 7.48. The van der Waals surface area contributed by atoms with E-state index in [9.17, 15) is 4.79 Å². The Kier molecular flexibility index (Phi) is 4.76. The zero-order chi connectivity index (χ0) is 13.7. The summed E-state index contributed by atoms with van der Waals surface area (Å²) in [5, 5.41) is 0. The standard InChI is InChI=1S/C17H25NO/c1-15-7-6-11-18(12-10-15)13-17(2,14-19)16-8-4-3-5-9-16/h3-5,8-9,14-15H,6-7,10-13H2,1-2H3. The van der Waals surface area contributed by atoms with Gasteiger partial charge in [0.05, 0.1) is 5.41 Å². The molecular weight excluding hydrogens is 234 g/mol. The normalized spacial score (nSPS) is 24.4. The van der Waals surface area contributed by atoms with Crippen molar-refractivity contribution >= 4 is 6.29 Å². The van der Waals surface area contributed by atoms with Crippen molar-refractivity contribution < 1.29 is 4.79 Å². The van der Waals surface area contributed by atoms with Crippen LogP contribution >= 0.6 is 0 Å². The SMILES string of the molecule is CC1CCCN(CC(C)(C=O)c2ccccc2)CC1. The van der Waals surface area contributed by atoms with Crippen LogP contribution in [-0.4, -0.2) is 30.8 Å². The number of benzene rings is 1. The van der Waals surface area contributed by atoms with Crippen molar-refractivity contribution in [3.63, 3.8) is 0 Å². The van der Waals surface area contributed by atoms with Crippen molar-refractivity contribution in [3.05, 3.63) is 35.9 Å². The van der Waals surface area contributed by atoms with Crippen molar-refractivity contribution in [2.45, 2.75) is 38.5 Å². The number of likely N-dealkylation sites (tertiary alicyclic amines) is 1. The molecular formula is C17H25NO. The first-order chi connectivity index (χ1) is 9.14. The van der Waals surface area contributed by atoms with E-state index in [0.29, 0.717) is 0 Å². The summed E-state index contributed by atoms with van der Waals surface area (Å²) in [6, 6.07) is 10.2. The third-order valence-corrected chi connectivity index (χ3v) is 4.35. The van der Waals surface area contributed by atoms with E-state index < -0.39 is 0 Å². The quantitative estimate of drug-likeness (QED) is 0.774. The highest BCUT2D eigenvalue weighted by Gasteiger charge is 2.29. The Hall–Kier alpha value is -1.15. The molecule has 2 nitrogen and oxygen atoms in total. The summed E-state index contributed by atoms with van der Waals surface area (Å²) in [5.74, 6) is 0.823. The van der Waals surface area contributed by atoms with E-state index in [1.807, 2.05) is 18.2 Å². The molecule has 1 aliphatic rings. The monoisotopic (exact) mass is 259 g/mol. The van der Waals surface area contributed by atoms with Gasteiger partial charge in [0.1, 0.15) is 6.29 Å². The molecule has 0 bridgehead atoms. The molecule has 2 heteroatoms. The average molecular weight is 259 g/mol. The molecule has 0 saturated carbocycles. The first kappa shape index (κ1) is 14.3. The van der Waals surface area contributed by atoms with Gasteiger partial charge in [-0.2, -0.15) is 0 Å². The number of aldehydes is 1. The molecule has 1 aliphatic heterocycles. The van der Waals surface area contributed by atoms with E-state index >= 15 is 0 Å². The number of rotatable bonds is 4. The number of hydrogen-bond donors (Lipinski definition) is 0. The minimum Gasteiger partial charge on any atom is -0.302 e. The second-order valence-corrected chi connectivity index (χ2v) is 6.21. The molecule has 1 heterocycles. The Bertz CT molecular complexity index is 403. The summed E-state index contributed by atoms with van der Waals surface area (Å²) < 4.78 is 0. The molecule has 1 aromatic carbocycles. The van der Waals surface area contributed by atoms with E-state index in [2.05, 4.69) is 30.9 Å². The van der Waals surface area contributed by atoms with Crippen LogP contribution in [0.25, 0.3) is 0 Å². The van der Waals surface area contributed by atoms with Gasteiger partial charge >= 0.3 is 0 Å². The molecule has 2 atom stereocenters. The van der Waals surface area contributed by atoms with Crippen molar-refractivity contribution in [2.75, 3.05) is 19.6 Å². The molecule has 0 N–H and O–H groups in total. The fourth-order valence-corrected chi connectivity index (χ4v) is 2.96. The zero-order valence-electron chi connectivity index (χ0n) is 12.1. The number of carbonyl (C=O) groups is 1. The summed E-state index contributed by atoms with van der Waals surface area (Å²) in [4.78, 5) is 14.1. The van der Waals surface area contributed by atoms with Gasteiger partial charge in [-0.05, 0) is 50.8 Å². The molecule has 0 aliphatic carbocycles. The van der Waals surface area contributed by atoms with Gasteiger partial charge < -0.3 is 9.69 Å². The highest BCUT2D eigenvalue weighted by molar-refractivity contribution is 5.68. The van der Waals surface area contributed by atoms with Crippen molar-refractivity contribution in [3.8, 4) is 0 Å². The van der Waals surface area contributed by atoms with Gasteiger partial charge in [-0.15, -0.1) is 0 Å². The summed E-state index contributed by atoms with van der Waals surface area (Å²) in [7, 11) is 0. The summed E-state index contributed by atoms with van der Waals surface area (Å²) in [6.07, 6.45) is 4.95. The third kappa shape index (κ3) is 3.66. The fraction of sp³-hybridized carbons (Fsp3) is 0.588. The highest BCUT2D eigenvalue weighted by atomic mass is 16.1. The Morgan fingerprint density at radius 1 is 1.26 bits per heavy atom. The van der Waals surface area contributed by atoms with Crippen LogP contribution in [0.1, 0.15) is 38.7 Å². The zero-order valence-corrected chi connectivity index (χ0v) is 12.1. The van der Waals surface area contributed by atoms with Gasteiger partial charge in [-0.25, -0.2) is 0 Å². The van der Waals surface area contributed by atoms with Gasteiger partial charge in [0.2, 0.25) is 0 Å². The Balaban J connectivity index is 2.08.